The summed E-state index contributed by atoms with van der Waals surface area (Å²) in [7, 11) is 0. The Balaban J connectivity index is 1.77. The SMILES string of the molecule is CCCCn1nc(NC(=O)c2ccc(C)cc2)c2cc3ccccc3nc21. The third kappa shape index (κ3) is 3.40. The second kappa shape index (κ2) is 7.19. The molecule has 0 unspecified atom stereocenters. The fourth-order valence-electron chi connectivity index (χ4n) is 3.14. The number of anilines is 1. The first kappa shape index (κ1) is 17.2. The fraction of sp³-hybridized carbons (Fsp3) is 0.227. The monoisotopic (exact) mass is 358 g/mol. The number of amides is 1. The Morgan fingerprint density at radius 3 is 2.67 bits per heavy atom. The van der Waals surface area contributed by atoms with Crippen LogP contribution in [0.1, 0.15) is 35.7 Å². The van der Waals surface area contributed by atoms with Crippen LogP contribution >= 0.6 is 0 Å². The minimum Gasteiger partial charge on any atom is -0.305 e. The van der Waals surface area contributed by atoms with Crippen molar-refractivity contribution in [3.05, 3.63) is 65.7 Å². The first-order chi connectivity index (χ1) is 13.2. The highest BCUT2D eigenvalue weighted by Crippen LogP contribution is 2.26. The number of carbonyl (C=O) groups is 1. The van der Waals surface area contributed by atoms with Gasteiger partial charge in [-0.05, 0) is 37.6 Å². The van der Waals surface area contributed by atoms with Gasteiger partial charge in [-0.1, -0.05) is 49.2 Å². The van der Waals surface area contributed by atoms with Gasteiger partial charge in [-0.15, -0.1) is 0 Å². The molecular weight excluding hydrogens is 336 g/mol. The number of para-hydroxylation sites is 1. The number of nitrogens with one attached hydrogen (secondary N) is 1. The van der Waals surface area contributed by atoms with E-state index in [4.69, 9.17) is 4.98 Å². The largest absolute Gasteiger partial charge is 0.305 e. The lowest BCUT2D eigenvalue weighted by atomic mass is 10.1. The van der Waals surface area contributed by atoms with Crippen molar-refractivity contribution in [2.45, 2.75) is 33.2 Å². The van der Waals surface area contributed by atoms with Crippen molar-refractivity contribution in [1.82, 2.24) is 14.8 Å². The maximum absolute atomic E-state index is 12.7. The summed E-state index contributed by atoms with van der Waals surface area (Å²) in [6.45, 7) is 4.93. The molecule has 2 aromatic heterocycles. The lowest BCUT2D eigenvalue weighted by Crippen LogP contribution is -2.13. The molecule has 0 spiro atoms. The van der Waals surface area contributed by atoms with Gasteiger partial charge in [0.25, 0.3) is 5.91 Å². The molecule has 2 heterocycles. The molecule has 0 atom stereocenters. The predicted molar refractivity (Wildman–Crippen MR) is 109 cm³/mol. The molecule has 4 aromatic rings. The fourth-order valence-corrected chi connectivity index (χ4v) is 3.14. The standard InChI is InChI=1S/C22H22N4O/c1-3-4-13-26-21-18(14-17-7-5-6-8-19(17)23-21)20(25-26)24-22(27)16-11-9-15(2)10-12-16/h5-12,14H,3-4,13H2,1-2H3,(H,24,25,27). The average molecular weight is 358 g/mol. The number of rotatable bonds is 5. The molecule has 0 fully saturated rings. The van der Waals surface area contributed by atoms with Crippen LogP contribution in [0.2, 0.25) is 0 Å². The topological polar surface area (TPSA) is 59.8 Å². The van der Waals surface area contributed by atoms with Crippen LogP contribution < -0.4 is 5.32 Å². The van der Waals surface area contributed by atoms with Gasteiger partial charge in [0.2, 0.25) is 0 Å². The molecule has 0 aliphatic rings. The normalized spacial score (nSPS) is 11.2. The van der Waals surface area contributed by atoms with Crippen LogP contribution in [0.5, 0.6) is 0 Å². The molecule has 0 aliphatic carbocycles. The second-order valence-electron chi connectivity index (χ2n) is 6.80. The van der Waals surface area contributed by atoms with E-state index in [1.54, 1.807) is 0 Å². The second-order valence-corrected chi connectivity index (χ2v) is 6.80. The van der Waals surface area contributed by atoms with E-state index < -0.39 is 0 Å². The number of unbranched alkanes of at least 4 members (excludes halogenated alkanes) is 1. The summed E-state index contributed by atoms with van der Waals surface area (Å²) in [6.07, 6.45) is 2.08. The smallest absolute Gasteiger partial charge is 0.256 e. The number of aromatic nitrogens is 3. The number of aryl methyl sites for hydroxylation is 2. The molecular formula is C22H22N4O. The van der Waals surface area contributed by atoms with E-state index in [0.29, 0.717) is 11.4 Å². The zero-order valence-electron chi connectivity index (χ0n) is 15.6. The molecule has 0 saturated carbocycles. The molecule has 0 saturated heterocycles. The van der Waals surface area contributed by atoms with Crippen molar-refractivity contribution in [2.75, 3.05) is 5.32 Å². The predicted octanol–water partition coefficient (Wildman–Crippen LogP) is 4.95. The Morgan fingerprint density at radius 2 is 1.89 bits per heavy atom. The van der Waals surface area contributed by atoms with Crippen LogP contribution in [0.3, 0.4) is 0 Å². The summed E-state index contributed by atoms with van der Waals surface area (Å²) in [6, 6.07) is 17.6. The zero-order valence-corrected chi connectivity index (χ0v) is 15.6. The Morgan fingerprint density at radius 1 is 1.11 bits per heavy atom. The van der Waals surface area contributed by atoms with Crippen molar-refractivity contribution < 1.29 is 4.79 Å². The number of hydrogen-bond acceptors (Lipinski definition) is 3. The third-order valence-corrected chi connectivity index (χ3v) is 4.69. The van der Waals surface area contributed by atoms with Crippen molar-refractivity contribution in [3.8, 4) is 0 Å². The molecule has 136 valence electrons. The third-order valence-electron chi connectivity index (χ3n) is 4.69. The van der Waals surface area contributed by atoms with E-state index in [-0.39, 0.29) is 5.91 Å². The summed E-state index contributed by atoms with van der Waals surface area (Å²) in [4.78, 5) is 17.5. The van der Waals surface area contributed by atoms with E-state index in [9.17, 15) is 4.79 Å². The first-order valence-electron chi connectivity index (χ1n) is 9.30. The van der Waals surface area contributed by atoms with Gasteiger partial charge in [0.15, 0.2) is 11.5 Å². The number of carbonyl (C=O) groups excluding carboxylic acids is 1. The molecule has 0 bridgehead atoms. The highest BCUT2D eigenvalue weighted by Gasteiger charge is 2.16. The highest BCUT2D eigenvalue weighted by atomic mass is 16.1. The van der Waals surface area contributed by atoms with E-state index in [1.807, 2.05) is 60.1 Å². The van der Waals surface area contributed by atoms with E-state index >= 15 is 0 Å². The molecule has 0 radical (unpaired) electrons. The molecule has 27 heavy (non-hydrogen) atoms. The van der Waals surface area contributed by atoms with Gasteiger partial charge in [-0.2, -0.15) is 5.10 Å². The molecule has 5 heteroatoms. The van der Waals surface area contributed by atoms with E-state index in [0.717, 1.165) is 46.9 Å². The van der Waals surface area contributed by atoms with E-state index in [1.165, 1.54) is 0 Å². The maximum atomic E-state index is 12.7. The van der Waals surface area contributed by atoms with Crippen molar-refractivity contribution >= 4 is 33.7 Å². The lowest BCUT2D eigenvalue weighted by Gasteiger charge is -2.03. The van der Waals surface area contributed by atoms with Gasteiger partial charge in [-0.3, -0.25) is 4.79 Å². The molecule has 1 N–H and O–H groups in total. The average Bonchev–Trinajstić information content (AvgIpc) is 3.01. The van der Waals surface area contributed by atoms with Crippen molar-refractivity contribution in [2.24, 2.45) is 0 Å². The summed E-state index contributed by atoms with van der Waals surface area (Å²) in [5, 5.41) is 9.53. The van der Waals surface area contributed by atoms with Crippen molar-refractivity contribution in [1.29, 1.82) is 0 Å². The van der Waals surface area contributed by atoms with E-state index in [2.05, 4.69) is 23.4 Å². The van der Waals surface area contributed by atoms with Gasteiger partial charge in [0, 0.05) is 17.5 Å². The Hall–Kier alpha value is -3.21. The number of benzene rings is 2. The van der Waals surface area contributed by atoms with Crippen LogP contribution in [0.4, 0.5) is 5.82 Å². The number of hydrogen-bond donors (Lipinski definition) is 1. The molecule has 4 rings (SSSR count). The van der Waals surface area contributed by atoms with Gasteiger partial charge in [0.1, 0.15) is 0 Å². The lowest BCUT2D eigenvalue weighted by molar-refractivity contribution is 0.102. The zero-order chi connectivity index (χ0) is 18.8. The number of fused-ring (bicyclic) bond motifs is 2. The summed E-state index contributed by atoms with van der Waals surface area (Å²) < 4.78 is 1.90. The number of pyridine rings is 1. The maximum Gasteiger partial charge on any atom is 0.256 e. The molecule has 2 aromatic carbocycles. The van der Waals surface area contributed by atoms with Gasteiger partial charge in [0.05, 0.1) is 10.9 Å². The van der Waals surface area contributed by atoms with Gasteiger partial charge in [-0.25, -0.2) is 9.67 Å². The summed E-state index contributed by atoms with van der Waals surface area (Å²) in [5.74, 6) is 0.398. The Bertz CT molecular complexity index is 1110. The van der Waals surface area contributed by atoms with Crippen LogP contribution in [-0.2, 0) is 6.54 Å². The van der Waals surface area contributed by atoms with Gasteiger partial charge < -0.3 is 5.32 Å². The minimum absolute atomic E-state index is 0.162. The molecule has 0 aliphatic heterocycles. The Kier molecular flexibility index (Phi) is 4.59. The Labute approximate surface area is 158 Å². The van der Waals surface area contributed by atoms with Crippen molar-refractivity contribution in [3.63, 3.8) is 0 Å². The van der Waals surface area contributed by atoms with Crippen LogP contribution in [0, 0.1) is 6.92 Å². The molecule has 5 nitrogen and oxygen atoms in total. The minimum atomic E-state index is -0.162. The van der Waals surface area contributed by atoms with Crippen LogP contribution in [-0.4, -0.2) is 20.7 Å². The summed E-state index contributed by atoms with van der Waals surface area (Å²) >= 11 is 0. The van der Waals surface area contributed by atoms with Gasteiger partial charge >= 0.3 is 0 Å². The number of nitrogens with zero attached hydrogens (tertiary/aromatic N) is 3. The van der Waals surface area contributed by atoms with Crippen LogP contribution in [0.15, 0.2) is 54.6 Å². The summed E-state index contributed by atoms with van der Waals surface area (Å²) in [5.41, 5.74) is 3.47. The quantitative estimate of drug-likeness (QED) is 0.549. The highest BCUT2D eigenvalue weighted by molar-refractivity contribution is 6.08. The molecule has 1 amide bonds. The van der Waals surface area contributed by atoms with Crippen LogP contribution in [0.25, 0.3) is 21.9 Å². The first-order valence-corrected chi connectivity index (χ1v) is 9.30.